The van der Waals surface area contributed by atoms with Crippen molar-refractivity contribution in [3.05, 3.63) is 23.8 Å². The summed E-state index contributed by atoms with van der Waals surface area (Å²) in [5.74, 6) is 1.63. The fourth-order valence-electron chi connectivity index (χ4n) is 6.40. The summed E-state index contributed by atoms with van der Waals surface area (Å²) in [4.78, 5) is 11.7. The lowest BCUT2D eigenvalue weighted by Gasteiger charge is -2.57. The van der Waals surface area contributed by atoms with Crippen LogP contribution < -0.4 is 0 Å². The molecule has 0 amide bonds. The lowest BCUT2D eigenvalue weighted by molar-refractivity contribution is -0.111. The molecule has 0 aromatic carbocycles. The summed E-state index contributed by atoms with van der Waals surface area (Å²) in [5, 5.41) is 20.4. The van der Waals surface area contributed by atoms with Crippen LogP contribution in [0.4, 0.5) is 0 Å². The molecule has 0 unspecified atom stereocenters. The van der Waals surface area contributed by atoms with Crippen molar-refractivity contribution in [1.29, 1.82) is 5.26 Å². The minimum atomic E-state index is -1.15. The van der Waals surface area contributed by atoms with Crippen molar-refractivity contribution in [2.75, 3.05) is 0 Å². The Labute approximate surface area is 138 Å². The Morgan fingerprint density at radius 1 is 1.22 bits per heavy atom. The normalized spacial score (nSPS) is 51.3. The van der Waals surface area contributed by atoms with E-state index in [2.05, 4.69) is 26.0 Å². The van der Waals surface area contributed by atoms with Crippen molar-refractivity contribution in [2.45, 2.75) is 58.0 Å². The third-order valence-electron chi connectivity index (χ3n) is 7.89. The molecule has 4 rings (SSSR count). The largest absolute Gasteiger partial charge is 0.375 e. The molecular weight excluding hydrogens is 286 g/mol. The maximum absolute atomic E-state index is 11.7. The minimum Gasteiger partial charge on any atom is -0.375 e. The molecule has 0 saturated heterocycles. The summed E-state index contributed by atoms with van der Waals surface area (Å²) in [6.07, 6.45) is 11.3. The molecule has 3 fully saturated rings. The highest BCUT2D eigenvalue weighted by atomic mass is 16.3. The monoisotopic (exact) mass is 311 g/mol. The van der Waals surface area contributed by atoms with Crippen LogP contribution in [0.25, 0.3) is 0 Å². The van der Waals surface area contributed by atoms with E-state index >= 15 is 0 Å². The Morgan fingerprint density at radius 3 is 2.70 bits per heavy atom. The molecule has 4 aliphatic carbocycles. The van der Waals surface area contributed by atoms with Crippen LogP contribution in [0.1, 0.15) is 52.4 Å². The van der Waals surface area contributed by atoms with Gasteiger partial charge in [-0.3, -0.25) is 4.79 Å². The molecule has 3 nitrogen and oxygen atoms in total. The standard InChI is InChI=1S/C20H25NO2/c1-18-8-5-14(22)11-13(18)3-4-15-16(18)6-9-19(2)17(15)7-10-20(19,23)12-21/h5,8,11,15-17,23H,3-4,6-7,9-10H2,1-2H3/t15-,16+,17-,18+,19+,20+/m1/s1. The number of rotatable bonds is 0. The minimum absolute atomic E-state index is 0.00843. The fraction of sp³-hybridized carbons (Fsp3) is 0.700. The first-order valence-electron chi connectivity index (χ1n) is 8.92. The number of ketones is 1. The Bertz CT molecular complexity index is 672. The molecule has 0 aromatic heterocycles. The van der Waals surface area contributed by atoms with Gasteiger partial charge in [-0.05, 0) is 68.4 Å². The van der Waals surface area contributed by atoms with Crippen LogP contribution in [-0.2, 0) is 4.79 Å². The molecule has 0 aliphatic heterocycles. The molecule has 122 valence electrons. The number of carbonyl (C=O) groups excluding carboxylic acids is 1. The van der Waals surface area contributed by atoms with E-state index in [0.29, 0.717) is 24.2 Å². The Kier molecular flexibility index (Phi) is 3.01. The quantitative estimate of drug-likeness (QED) is 0.696. The fourth-order valence-corrected chi connectivity index (χ4v) is 6.40. The number of nitriles is 1. The summed E-state index contributed by atoms with van der Waals surface area (Å²) in [7, 11) is 0. The predicted molar refractivity (Wildman–Crippen MR) is 87.2 cm³/mol. The molecule has 0 bridgehead atoms. The number of hydrogen-bond donors (Lipinski definition) is 1. The summed E-state index contributed by atoms with van der Waals surface area (Å²) in [5.41, 5.74) is -0.138. The van der Waals surface area contributed by atoms with Crippen molar-refractivity contribution >= 4 is 5.78 Å². The second-order valence-corrected chi connectivity index (χ2v) is 8.57. The molecule has 1 N–H and O–H groups in total. The highest BCUT2D eigenvalue weighted by Crippen LogP contribution is 2.66. The van der Waals surface area contributed by atoms with E-state index in [1.165, 1.54) is 5.57 Å². The topological polar surface area (TPSA) is 61.1 Å². The van der Waals surface area contributed by atoms with Gasteiger partial charge in [-0.25, -0.2) is 0 Å². The van der Waals surface area contributed by atoms with E-state index in [1.54, 1.807) is 6.08 Å². The average Bonchev–Trinajstić information content (AvgIpc) is 2.80. The number of nitrogens with zero attached hydrogens (tertiary/aromatic N) is 1. The second-order valence-electron chi connectivity index (χ2n) is 8.57. The highest BCUT2D eigenvalue weighted by molar-refractivity contribution is 6.01. The van der Waals surface area contributed by atoms with Crippen molar-refractivity contribution in [3.63, 3.8) is 0 Å². The lowest BCUT2D eigenvalue weighted by atomic mass is 9.47. The van der Waals surface area contributed by atoms with Gasteiger partial charge in [-0.15, -0.1) is 0 Å². The summed E-state index contributed by atoms with van der Waals surface area (Å²) in [6.45, 7) is 4.42. The van der Waals surface area contributed by atoms with Crippen LogP contribution in [0.2, 0.25) is 0 Å². The molecule has 0 radical (unpaired) electrons. The molecule has 0 aromatic rings. The lowest BCUT2D eigenvalue weighted by Crippen LogP contribution is -2.53. The summed E-state index contributed by atoms with van der Waals surface area (Å²) < 4.78 is 0. The van der Waals surface area contributed by atoms with Crippen molar-refractivity contribution in [2.24, 2.45) is 28.6 Å². The molecular formula is C20H25NO2. The van der Waals surface area contributed by atoms with E-state index in [0.717, 1.165) is 32.1 Å². The van der Waals surface area contributed by atoms with Gasteiger partial charge in [0.2, 0.25) is 0 Å². The van der Waals surface area contributed by atoms with E-state index < -0.39 is 5.60 Å². The Morgan fingerprint density at radius 2 is 1.96 bits per heavy atom. The van der Waals surface area contributed by atoms with Crippen molar-refractivity contribution in [1.82, 2.24) is 0 Å². The predicted octanol–water partition coefficient (Wildman–Crippen LogP) is 3.55. The zero-order valence-corrected chi connectivity index (χ0v) is 14.0. The van der Waals surface area contributed by atoms with Gasteiger partial charge >= 0.3 is 0 Å². The van der Waals surface area contributed by atoms with Gasteiger partial charge in [-0.1, -0.05) is 25.5 Å². The van der Waals surface area contributed by atoms with Crippen molar-refractivity contribution in [3.8, 4) is 6.07 Å². The molecule has 23 heavy (non-hydrogen) atoms. The number of fused-ring (bicyclic) bond motifs is 5. The van der Waals surface area contributed by atoms with Gasteiger partial charge in [-0.2, -0.15) is 5.26 Å². The van der Waals surface area contributed by atoms with Crippen molar-refractivity contribution < 1.29 is 9.90 Å². The molecule has 3 saturated carbocycles. The van der Waals surface area contributed by atoms with Crippen LogP contribution in [0.5, 0.6) is 0 Å². The van der Waals surface area contributed by atoms with Crippen LogP contribution in [0, 0.1) is 39.9 Å². The molecule has 6 atom stereocenters. The number of allylic oxidation sites excluding steroid dienone is 4. The first-order valence-corrected chi connectivity index (χ1v) is 8.92. The van der Waals surface area contributed by atoms with Gasteiger partial charge in [0.1, 0.15) is 0 Å². The maximum Gasteiger partial charge on any atom is 0.178 e. The van der Waals surface area contributed by atoms with Gasteiger partial charge in [0.05, 0.1) is 6.07 Å². The summed E-state index contributed by atoms with van der Waals surface area (Å²) in [6, 6.07) is 2.23. The van der Waals surface area contributed by atoms with E-state index in [1.807, 2.05) is 6.08 Å². The van der Waals surface area contributed by atoms with E-state index in [-0.39, 0.29) is 16.6 Å². The molecule has 3 heteroatoms. The first kappa shape index (κ1) is 15.1. The summed E-state index contributed by atoms with van der Waals surface area (Å²) >= 11 is 0. The zero-order chi connectivity index (χ0) is 16.5. The number of hydrogen-bond acceptors (Lipinski definition) is 3. The average molecular weight is 311 g/mol. The number of aliphatic hydroxyl groups is 1. The van der Waals surface area contributed by atoms with Crippen LogP contribution >= 0.6 is 0 Å². The highest BCUT2D eigenvalue weighted by Gasteiger charge is 2.64. The van der Waals surface area contributed by atoms with Gasteiger partial charge in [0.25, 0.3) is 0 Å². The third-order valence-corrected chi connectivity index (χ3v) is 7.89. The Balaban J connectivity index is 1.72. The van der Waals surface area contributed by atoms with Gasteiger partial charge in [0.15, 0.2) is 11.4 Å². The van der Waals surface area contributed by atoms with Crippen LogP contribution in [-0.4, -0.2) is 16.5 Å². The molecule has 4 aliphatic rings. The van der Waals surface area contributed by atoms with E-state index in [9.17, 15) is 15.2 Å². The number of carbonyl (C=O) groups is 1. The van der Waals surface area contributed by atoms with Gasteiger partial charge in [0, 0.05) is 10.8 Å². The Hall–Kier alpha value is -1.40. The third kappa shape index (κ3) is 1.76. The second kappa shape index (κ2) is 4.57. The smallest absolute Gasteiger partial charge is 0.178 e. The van der Waals surface area contributed by atoms with Crippen LogP contribution in [0.3, 0.4) is 0 Å². The SMILES string of the molecule is C[C@]12C=CC(=O)C=C1CC[C@H]1[C@H]3CC[C@](O)(C#N)[C@@]3(C)CC[C@@H]12. The zero-order valence-electron chi connectivity index (χ0n) is 14.0. The molecule has 0 heterocycles. The van der Waals surface area contributed by atoms with Gasteiger partial charge < -0.3 is 5.11 Å². The first-order chi connectivity index (χ1) is 10.8. The molecule has 0 spiro atoms. The van der Waals surface area contributed by atoms with E-state index in [4.69, 9.17) is 0 Å². The maximum atomic E-state index is 11.7. The van der Waals surface area contributed by atoms with Crippen LogP contribution in [0.15, 0.2) is 23.8 Å².